The molecule has 1 aromatic heterocycles. The maximum Gasteiger partial charge on any atom is 0.265 e. The van der Waals surface area contributed by atoms with Crippen LogP contribution in [0.1, 0.15) is 57.0 Å². The average molecular weight is 313 g/mol. The standard InChI is InChI=1S/C19H27N3O/c1-6-9-21-14(4)10-16(15(21)5)11-17(12-20)19(23)22(13(2)3)18-7-8-18/h10-11,13,18H,6-9H2,1-5H3/b17-11+. The van der Waals surface area contributed by atoms with Crippen LogP contribution in [0.4, 0.5) is 0 Å². The van der Waals surface area contributed by atoms with E-state index in [1.807, 2.05) is 18.7 Å². The molecule has 4 heteroatoms. The van der Waals surface area contributed by atoms with Gasteiger partial charge in [0.1, 0.15) is 11.6 Å². The molecule has 23 heavy (non-hydrogen) atoms. The summed E-state index contributed by atoms with van der Waals surface area (Å²) in [6, 6.07) is 4.62. The molecule has 0 spiro atoms. The highest BCUT2D eigenvalue weighted by molar-refractivity contribution is 6.02. The molecule has 1 aliphatic rings. The van der Waals surface area contributed by atoms with Gasteiger partial charge in [0.25, 0.3) is 5.91 Å². The van der Waals surface area contributed by atoms with E-state index in [4.69, 9.17) is 0 Å². The van der Waals surface area contributed by atoms with Gasteiger partial charge in [-0.25, -0.2) is 0 Å². The number of amides is 1. The molecule has 1 saturated carbocycles. The van der Waals surface area contributed by atoms with E-state index in [0.717, 1.165) is 37.1 Å². The van der Waals surface area contributed by atoms with Gasteiger partial charge in [-0.15, -0.1) is 0 Å². The van der Waals surface area contributed by atoms with Gasteiger partial charge >= 0.3 is 0 Å². The summed E-state index contributed by atoms with van der Waals surface area (Å²) < 4.78 is 2.24. The van der Waals surface area contributed by atoms with Gasteiger partial charge in [-0.05, 0) is 64.7 Å². The molecule has 0 bridgehead atoms. The van der Waals surface area contributed by atoms with Crippen LogP contribution in [0.3, 0.4) is 0 Å². The van der Waals surface area contributed by atoms with Gasteiger partial charge in [0.05, 0.1) is 0 Å². The molecule has 1 aliphatic carbocycles. The summed E-state index contributed by atoms with van der Waals surface area (Å²) in [5.74, 6) is -0.134. The summed E-state index contributed by atoms with van der Waals surface area (Å²) in [4.78, 5) is 14.6. The number of nitriles is 1. The van der Waals surface area contributed by atoms with Crippen molar-refractivity contribution in [1.82, 2.24) is 9.47 Å². The first kappa shape index (κ1) is 17.3. The van der Waals surface area contributed by atoms with Crippen LogP contribution in [0, 0.1) is 25.2 Å². The number of carbonyl (C=O) groups is 1. The highest BCUT2D eigenvalue weighted by atomic mass is 16.2. The maximum atomic E-state index is 12.8. The zero-order valence-corrected chi connectivity index (χ0v) is 14.9. The van der Waals surface area contributed by atoms with Crippen LogP contribution in [0.5, 0.6) is 0 Å². The third kappa shape index (κ3) is 3.67. The van der Waals surface area contributed by atoms with E-state index in [-0.39, 0.29) is 17.5 Å². The van der Waals surface area contributed by atoms with E-state index in [1.54, 1.807) is 6.08 Å². The van der Waals surface area contributed by atoms with Crippen molar-refractivity contribution in [2.24, 2.45) is 0 Å². The summed E-state index contributed by atoms with van der Waals surface area (Å²) in [7, 11) is 0. The minimum absolute atomic E-state index is 0.124. The fraction of sp³-hybridized carbons (Fsp3) is 0.579. The SMILES string of the molecule is CCCn1c(C)cc(/C=C(\C#N)C(=O)N(C(C)C)C2CC2)c1C. The molecule has 2 rings (SSSR count). The van der Waals surface area contributed by atoms with Crippen LogP contribution in [0.25, 0.3) is 6.08 Å². The van der Waals surface area contributed by atoms with E-state index in [9.17, 15) is 10.1 Å². The Bertz CT molecular complexity index is 655. The lowest BCUT2D eigenvalue weighted by Crippen LogP contribution is -2.39. The van der Waals surface area contributed by atoms with Crippen molar-refractivity contribution in [3.05, 3.63) is 28.6 Å². The number of hydrogen-bond donors (Lipinski definition) is 0. The number of nitrogens with zero attached hydrogens (tertiary/aromatic N) is 3. The quantitative estimate of drug-likeness (QED) is 0.592. The molecule has 0 N–H and O–H groups in total. The van der Waals surface area contributed by atoms with Gasteiger partial charge in [-0.2, -0.15) is 5.26 Å². The largest absolute Gasteiger partial charge is 0.349 e. The minimum atomic E-state index is -0.134. The summed E-state index contributed by atoms with van der Waals surface area (Å²) >= 11 is 0. The first-order valence-corrected chi connectivity index (χ1v) is 8.51. The first-order valence-electron chi connectivity index (χ1n) is 8.51. The van der Waals surface area contributed by atoms with Crippen LogP contribution in [0.15, 0.2) is 11.6 Å². The predicted molar refractivity (Wildman–Crippen MR) is 92.8 cm³/mol. The maximum absolute atomic E-state index is 12.8. The Morgan fingerprint density at radius 3 is 2.61 bits per heavy atom. The van der Waals surface area contributed by atoms with Crippen LogP contribution in [-0.4, -0.2) is 27.5 Å². The number of hydrogen-bond acceptors (Lipinski definition) is 2. The Labute approximate surface area is 139 Å². The third-order valence-corrected chi connectivity index (χ3v) is 4.44. The normalized spacial score (nSPS) is 14.9. The van der Waals surface area contributed by atoms with Crippen molar-refractivity contribution < 1.29 is 4.79 Å². The van der Waals surface area contributed by atoms with Crippen molar-refractivity contribution >= 4 is 12.0 Å². The summed E-state index contributed by atoms with van der Waals surface area (Å²) in [6.07, 6.45) is 4.92. The minimum Gasteiger partial charge on any atom is -0.349 e. The van der Waals surface area contributed by atoms with Crippen molar-refractivity contribution in [1.29, 1.82) is 5.26 Å². The zero-order valence-electron chi connectivity index (χ0n) is 14.9. The second kappa shape index (κ2) is 7.04. The van der Waals surface area contributed by atoms with Crippen LogP contribution in [0.2, 0.25) is 0 Å². The van der Waals surface area contributed by atoms with Crippen molar-refractivity contribution in [2.45, 2.75) is 72.5 Å². The van der Waals surface area contributed by atoms with E-state index < -0.39 is 0 Å². The van der Waals surface area contributed by atoms with Gasteiger partial charge in [-0.3, -0.25) is 4.79 Å². The van der Waals surface area contributed by atoms with Crippen molar-refractivity contribution in [3.63, 3.8) is 0 Å². The van der Waals surface area contributed by atoms with Crippen LogP contribution < -0.4 is 0 Å². The Morgan fingerprint density at radius 2 is 2.13 bits per heavy atom. The monoisotopic (exact) mass is 313 g/mol. The lowest BCUT2D eigenvalue weighted by atomic mass is 10.1. The second-order valence-electron chi connectivity index (χ2n) is 6.69. The fourth-order valence-electron chi connectivity index (χ4n) is 3.15. The molecule has 4 nitrogen and oxygen atoms in total. The second-order valence-corrected chi connectivity index (χ2v) is 6.69. The average Bonchev–Trinajstić information content (AvgIpc) is 3.28. The lowest BCUT2D eigenvalue weighted by Gasteiger charge is -2.26. The van der Waals surface area contributed by atoms with Gasteiger partial charge < -0.3 is 9.47 Å². The van der Waals surface area contributed by atoms with Gasteiger partial charge in [0.2, 0.25) is 0 Å². The molecule has 1 amide bonds. The van der Waals surface area contributed by atoms with E-state index in [1.165, 1.54) is 5.69 Å². The number of aromatic nitrogens is 1. The molecular formula is C19H27N3O. The molecule has 124 valence electrons. The molecule has 0 unspecified atom stereocenters. The predicted octanol–water partition coefficient (Wildman–Crippen LogP) is 3.82. The van der Waals surface area contributed by atoms with E-state index in [2.05, 4.69) is 37.5 Å². The molecule has 1 fully saturated rings. The number of aryl methyl sites for hydroxylation is 1. The molecule has 1 heterocycles. The summed E-state index contributed by atoms with van der Waals surface area (Å²) in [5, 5.41) is 9.49. The molecule has 0 atom stereocenters. The topological polar surface area (TPSA) is 49.0 Å². The molecular weight excluding hydrogens is 286 g/mol. The fourth-order valence-corrected chi connectivity index (χ4v) is 3.15. The van der Waals surface area contributed by atoms with Crippen molar-refractivity contribution in [3.8, 4) is 6.07 Å². The molecule has 0 aliphatic heterocycles. The Hall–Kier alpha value is -2.02. The molecule has 0 aromatic carbocycles. The highest BCUT2D eigenvalue weighted by Gasteiger charge is 2.35. The third-order valence-electron chi connectivity index (χ3n) is 4.44. The smallest absolute Gasteiger partial charge is 0.265 e. The zero-order chi connectivity index (χ0) is 17.1. The van der Waals surface area contributed by atoms with Gasteiger partial charge in [-0.1, -0.05) is 6.92 Å². The lowest BCUT2D eigenvalue weighted by molar-refractivity contribution is -0.128. The van der Waals surface area contributed by atoms with Crippen LogP contribution in [-0.2, 0) is 11.3 Å². The Kier molecular flexibility index (Phi) is 5.30. The van der Waals surface area contributed by atoms with E-state index >= 15 is 0 Å². The van der Waals surface area contributed by atoms with Gasteiger partial charge in [0.15, 0.2) is 0 Å². The molecule has 1 aromatic rings. The van der Waals surface area contributed by atoms with E-state index in [0.29, 0.717) is 6.04 Å². The highest BCUT2D eigenvalue weighted by Crippen LogP contribution is 2.30. The van der Waals surface area contributed by atoms with Crippen molar-refractivity contribution in [2.75, 3.05) is 0 Å². The summed E-state index contributed by atoms with van der Waals surface area (Å²) in [6.45, 7) is 11.3. The van der Waals surface area contributed by atoms with Gasteiger partial charge in [0, 0.05) is 30.0 Å². The Balaban J connectivity index is 2.34. The molecule has 0 radical (unpaired) electrons. The molecule has 0 saturated heterocycles. The number of rotatable bonds is 6. The Morgan fingerprint density at radius 1 is 1.48 bits per heavy atom. The first-order chi connectivity index (χ1) is 10.9. The van der Waals surface area contributed by atoms with Crippen LogP contribution >= 0.6 is 0 Å². The number of carbonyl (C=O) groups excluding carboxylic acids is 1. The summed E-state index contributed by atoms with van der Waals surface area (Å²) in [5.41, 5.74) is 3.50.